The molecule has 3 atom stereocenters. The minimum atomic E-state index is -0.713. The Labute approximate surface area is 185 Å². The van der Waals surface area contributed by atoms with Crippen LogP contribution in [-0.4, -0.2) is 29.4 Å². The molecule has 1 N–H and O–H groups in total. The lowest BCUT2D eigenvalue weighted by Gasteiger charge is -2.32. The van der Waals surface area contributed by atoms with Crippen LogP contribution in [-0.2, 0) is 16.8 Å². The number of hydrogen-bond acceptors (Lipinski definition) is 2. The summed E-state index contributed by atoms with van der Waals surface area (Å²) in [5, 5.41) is 3.51. The van der Waals surface area contributed by atoms with Gasteiger partial charge in [0.2, 0.25) is 5.91 Å². The van der Waals surface area contributed by atoms with Crippen molar-refractivity contribution in [1.82, 2.24) is 10.2 Å². The number of amides is 1. The molecule has 1 amide bonds. The number of fused-ring (bicyclic) bond motifs is 2. The predicted octanol–water partition coefficient (Wildman–Crippen LogP) is 4.77. The molecule has 3 aromatic rings. The zero-order valence-electron chi connectivity index (χ0n) is 18.1. The van der Waals surface area contributed by atoms with Gasteiger partial charge in [-0.15, -0.1) is 0 Å². The van der Waals surface area contributed by atoms with E-state index in [0.717, 1.165) is 30.6 Å². The van der Waals surface area contributed by atoms with Crippen LogP contribution in [0.2, 0.25) is 0 Å². The molecular weight excluding hydrogens is 380 g/mol. The Bertz CT molecular complexity index is 979. The second-order valence-electron chi connectivity index (χ2n) is 9.18. The highest BCUT2D eigenvalue weighted by atomic mass is 16.2. The molecule has 1 saturated carbocycles. The van der Waals surface area contributed by atoms with Crippen LogP contribution in [0.3, 0.4) is 0 Å². The molecule has 2 bridgehead atoms. The normalized spacial score (nSPS) is 23.1. The zero-order valence-corrected chi connectivity index (χ0v) is 18.1. The van der Waals surface area contributed by atoms with Crippen molar-refractivity contribution in [2.75, 3.05) is 6.54 Å². The topological polar surface area (TPSA) is 32.3 Å². The Hall–Kier alpha value is -2.91. The Morgan fingerprint density at radius 1 is 0.871 bits per heavy atom. The van der Waals surface area contributed by atoms with Gasteiger partial charge in [-0.3, -0.25) is 9.69 Å². The Kier molecular flexibility index (Phi) is 5.37. The van der Waals surface area contributed by atoms with Gasteiger partial charge in [0.15, 0.2) is 0 Å². The molecule has 3 unspecified atom stereocenters. The van der Waals surface area contributed by atoms with Crippen molar-refractivity contribution in [2.45, 2.75) is 43.8 Å². The number of benzene rings is 3. The summed E-state index contributed by atoms with van der Waals surface area (Å²) in [6.07, 6.45) is 2.37. The van der Waals surface area contributed by atoms with Crippen molar-refractivity contribution in [3.05, 3.63) is 108 Å². The monoisotopic (exact) mass is 410 g/mol. The van der Waals surface area contributed by atoms with E-state index >= 15 is 0 Å². The molecule has 1 aliphatic heterocycles. The second-order valence-corrected chi connectivity index (χ2v) is 9.18. The molecule has 3 aromatic carbocycles. The molecule has 0 radical (unpaired) electrons. The standard InChI is InChI=1S/C28H30N2O/c1-28(23-13-7-3-8-14-23,24-15-9-4-10-16-24)27(31)29-26-22-17-18-25(26)30(20-22)19-21-11-5-2-6-12-21/h2-16,22,25-26H,17-20H2,1H3,(H,29,31). The average molecular weight is 411 g/mol. The molecule has 1 saturated heterocycles. The van der Waals surface area contributed by atoms with Gasteiger partial charge >= 0.3 is 0 Å². The number of nitrogens with one attached hydrogen (secondary N) is 1. The van der Waals surface area contributed by atoms with E-state index in [4.69, 9.17) is 0 Å². The van der Waals surface area contributed by atoms with E-state index in [-0.39, 0.29) is 11.9 Å². The number of carbonyl (C=O) groups is 1. The van der Waals surface area contributed by atoms with Crippen molar-refractivity contribution in [3.63, 3.8) is 0 Å². The van der Waals surface area contributed by atoms with Gasteiger partial charge < -0.3 is 5.32 Å². The number of rotatable bonds is 6. The quantitative estimate of drug-likeness (QED) is 0.635. The fourth-order valence-electron chi connectivity index (χ4n) is 5.59. The van der Waals surface area contributed by atoms with Crippen molar-refractivity contribution < 1.29 is 4.79 Å². The van der Waals surface area contributed by atoms with E-state index in [1.807, 2.05) is 36.4 Å². The van der Waals surface area contributed by atoms with Crippen LogP contribution in [0.5, 0.6) is 0 Å². The minimum Gasteiger partial charge on any atom is -0.350 e. The molecule has 1 aliphatic carbocycles. The summed E-state index contributed by atoms with van der Waals surface area (Å²) >= 11 is 0. The van der Waals surface area contributed by atoms with E-state index in [9.17, 15) is 4.79 Å². The summed E-state index contributed by atoms with van der Waals surface area (Å²) in [6.45, 7) is 4.09. The zero-order chi connectivity index (χ0) is 21.3. The van der Waals surface area contributed by atoms with E-state index in [1.165, 1.54) is 12.0 Å². The first-order chi connectivity index (χ1) is 15.2. The summed E-state index contributed by atoms with van der Waals surface area (Å²) in [7, 11) is 0. The Morgan fingerprint density at radius 2 is 1.42 bits per heavy atom. The summed E-state index contributed by atoms with van der Waals surface area (Å²) in [4.78, 5) is 16.4. The van der Waals surface area contributed by atoms with E-state index < -0.39 is 5.41 Å². The van der Waals surface area contributed by atoms with Gasteiger partial charge in [-0.25, -0.2) is 0 Å². The van der Waals surface area contributed by atoms with Gasteiger partial charge in [-0.2, -0.15) is 0 Å². The third kappa shape index (κ3) is 3.68. The Morgan fingerprint density at radius 3 is 2.00 bits per heavy atom. The van der Waals surface area contributed by atoms with Crippen LogP contribution in [0.4, 0.5) is 0 Å². The van der Waals surface area contributed by atoms with Gasteiger partial charge in [-0.05, 0) is 42.4 Å². The minimum absolute atomic E-state index is 0.105. The van der Waals surface area contributed by atoms with E-state index in [0.29, 0.717) is 12.0 Å². The van der Waals surface area contributed by atoms with Crippen LogP contribution >= 0.6 is 0 Å². The number of carbonyl (C=O) groups excluding carboxylic acids is 1. The van der Waals surface area contributed by atoms with Crippen molar-refractivity contribution >= 4 is 5.91 Å². The summed E-state index contributed by atoms with van der Waals surface area (Å²) in [5.41, 5.74) is 2.70. The number of piperidine rings is 1. The van der Waals surface area contributed by atoms with Crippen LogP contribution < -0.4 is 5.32 Å². The SMILES string of the molecule is CC(C(=O)NC1C2CCC1N(Cc1ccccc1)C2)(c1ccccc1)c1ccccc1. The predicted molar refractivity (Wildman–Crippen MR) is 125 cm³/mol. The van der Waals surface area contributed by atoms with Crippen LogP contribution in [0.25, 0.3) is 0 Å². The smallest absolute Gasteiger partial charge is 0.235 e. The first-order valence-corrected chi connectivity index (χ1v) is 11.4. The number of nitrogens with zero attached hydrogens (tertiary/aromatic N) is 1. The summed E-state index contributed by atoms with van der Waals surface area (Å²) in [5.74, 6) is 0.641. The highest BCUT2D eigenvalue weighted by molar-refractivity contribution is 5.92. The summed E-state index contributed by atoms with van der Waals surface area (Å²) < 4.78 is 0. The van der Waals surface area contributed by atoms with Crippen LogP contribution in [0, 0.1) is 5.92 Å². The maximum atomic E-state index is 13.9. The Balaban J connectivity index is 1.39. The lowest BCUT2D eigenvalue weighted by atomic mass is 9.75. The molecule has 5 rings (SSSR count). The van der Waals surface area contributed by atoms with Gasteiger partial charge in [0.25, 0.3) is 0 Å². The van der Waals surface area contributed by atoms with Crippen molar-refractivity contribution in [1.29, 1.82) is 0 Å². The van der Waals surface area contributed by atoms with E-state index in [1.54, 1.807) is 0 Å². The molecule has 0 aromatic heterocycles. The highest BCUT2D eigenvalue weighted by Gasteiger charge is 2.49. The molecule has 158 valence electrons. The largest absolute Gasteiger partial charge is 0.350 e. The summed E-state index contributed by atoms with van der Waals surface area (Å²) in [6, 6.07) is 31.7. The fraction of sp³-hybridized carbons (Fsp3) is 0.321. The van der Waals surface area contributed by atoms with Crippen molar-refractivity contribution in [3.8, 4) is 0 Å². The van der Waals surface area contributed by atoms with Gasteiger partial charge in [0.1, 0.15) is 0 Å². The average Bonchev–Trinajstić information content (AvgIpc) is 3.36. The first-order valence-electron chi connectivity index (χ1n) is 11.4. The van der Waals surface area contributed by atoms with Crippen molar-refractivity contribution in [2.24, 2.45) is 5.92 Å². The second kappa shape index (κ2) is 8.32. The molecular formula is C28H30N2O. The lowest BCUT2D eigenvalue weighted by Crippen LogP contribution is -2.51. The molecule has 3 nitrogen and oxygen atoms in total. The number of hydrogen-bond donors (Lipinski definition) is 1. The molecule has 31 heavy (non-hydrogen) atoms. The molecule has 2 aliphatic rings. The first kappa shape index (κ1) is 20.0. The third-order valence-corrected chi connectivity index (χ3v) is 7.38. The van der Waals surface area contributed by atoms with E-state index in [2.05, 4.69) is 71.7 Å². The third-order valence-electron chi connectivity index (χ3n) is 7.38. The fourth-order valence-corrected chi connectivity index (χ4v) is 5.59. The lowest BCUT2D eigenvalue weighted by molar-refractivity contribution is -0.125. The highest BCUT2D eigenvalue weighted by Crippen LogP contribution is 2.40. The maximum Gasteiger partial charge on any atom is 0.235 e. The number of likely N-dealkylation sites (tertiary alicyclic amines) is 1. The maximum absolute atomic E-state index is 13.9. The van der Waals surface area contributed by atoms with Crippen LogP contribution in [0.15, 0.2) is 91.0 Å². The molecule has 0 spiro atoms. The van der Waals surface area contributed by atoms with Gasteiger partial charge in [-0.1, -0.05) is 91.0 Å². The molecule has 3 heteroatoms. The van der Waals surface area contributed by atoms with Gasteiger partial charge in [0, 0.05) is 25.2 Å². The van der Waals surface area contributed by atoms with Crippen LogP contribution in [0.1, 0.15) is 36.5 Å². The van der Waals surface area contributed by atoms with Gasteiger partial charge in [0.05, 0.1) is 5.41 Å². The molecule has 2 fully saturated rings. The molecule has 1 heterocycles.